The maximum Gasteiger partial charge on any atom is 0.240 e. The first-order valence-electron chi connectivity index (χ1n) is 9.01. The fourth-order valence-corrected chi connectivity index (χ4v) is 5.08. The van der Waals surface area contributed by atoms with Crippen LogP contribution in [0.15, 0.2) is 35.7 Å². The number of likely N-dealkylation sites (tertiary alicyclic amines) is 1. The van der Waals surface area contributed by atoms with Crippen LogP contribution in [0.3, 0.4) is 0 Å². The monoisotopic (exact) mass is 377 g/mol. The van der Waals surface area contributed by atoms with Crippen LogP contribution in [0.4, 0.5) is 5.69 Å². The molecule has 7 heteroatoms. The maximum atomic E-state index is 12.8. The van der Waals surface area contributed by atoms with Crippen LogP contribution in [0.2, 0.25) is 0 Å². The number of carbonyl (C=O) groups excluding carboxylic acids is 1. The molecule has 1 amide bonds. The van der Waals surface area contributed by atoms with E-state index < -0.39 is 10.0 Å². The quantitative estimate of drug-likeness (QED) is 0.772. The van der Waals surface area contributed by atoms with Gasteiger partial charge in [-0.2, -0.15) is 0 Å². The summed E-state index contributed by atoms with van der Waals surface area (Å²) < 4.78 is 28.5. The Morgan fingerprint density at radius 1 is 1.35 bits per heavy atom. The van der Waals surface area contributed by atoms with Gasteiger partial charge in [-0.3, -0.25) is 9.69 Å². The van der Waals surface area contributed by atoms with Gasteiger partial charge < -0.3 is 5.32 Å². The van der Waals surface area contributed by atoms with Crippen molar-refractivity contribution in [2.45, 2.75) is 49.5 Å². The molecule has 1 fully saturated rings. The van der Waals surface area contributed by atoms with Crippen molar-refractivity contribution >= 4 is 21.6 Å². The highest BCUT2D eigenvalue weighted by Gasteiger charge is 2.33. The average Bonchev–Trinajstić information content (AvgIpc) is 2.55. The van der Waals surface area contributed by atoms with Gasteiger partial charge in [0.05, 0.1) is 4.90 Å². The Kier molecular flexibility index (Phi) is 5.23. The van der Waals surface area contributed by atoms with Crippen LogP contribution in [0.1, 0.15) is 38.7 Å². The lowest BCUT2D eigenvalue weighted by molar-refractivity contribution is -0.117. The SMILES string of the molecule is C=CCN1CCC(NS(=O)(=O)c2ccc3c(c2)C(C)(C)CC(=O)N3)CC1. The molecule has 0 aromatic heterocycles. The Morgan fingerprint density at radius 2 is 2.04 bits per heavy atom. The van der Waals surface area contributed by atoms with E-state index in [0.717, 1.165) is 38.0 Å². The lowest BCUT2D eigenvalue weighted by atomic mass is 9.78. The molecule has 2 aliphatic rings. The molecular formula is C19H27N3O3S. The van der Waals surface area contributed by atoms with Gasteiger partial charge in [0, 0.05) is 30.1 Å². The number of amides is 1. The second-order valence-electron chi connectivity index (χ2n) is 7.80. The van der Waals surface area contributed by atoms with Crippen molar-refractivity contribution < 1.29 is 13.2 Å². The summed E-state index contributed by atoms with van der Waals surface area (Å²) in [7, 11) is -3.59. The van der Waals surface area contributed by atoms with Gasteiger partial charge in [0.15, 0.2) is 0 Å². The average molecular weight is 378 g/mol. The molecule has 3 rings (SSSR count). The smallest absolute Gasteiger partial charge is 0.240 e. The molecule has 26 heavy (non-hydrogen) atoms. The molecule has 2 N–H and O–H groups in total. The summed E-state index contributed by atoms with van der Waals surface area (Å²) in [6, 6.07) is 4.90. The first-order chi connectivity index (χ1) is 12.2. The number of carbonyl (C=O) groups is 1. The lowest BCUT2D eigenvalue weighted by Crippen LogP contribution is -2.44. The molecule has 0 spiro atoms. The molecular weight excluding hydrogens is 350 g/mol. The van der Waals surface area contributed by atoms with Crippen LogP contribution >= 0.6 is 0 Å². The third-order valence-electron chi connectivity index (χ3n) is 5.20. The van der Waals surface area contributed by atoms with Gasteiger partial charge in [-0.1, -0.05) is 19.9 Å². The zero-order valence-corrected chi connectivity index (χ0v) is 16.2. The summed E-state index contributed by atoms with van der Waals surface area (Å²) in [5.41, 5.74) is 1.17. The fourth-order valence-electron chi connectivity index (χ4n) is 3.75. The van der Waals surface area contributed by atoms with Crippen molar-refractivity contribution in [2.75, 3.05) is 25.0 Å². The number of sulfonamides is 1. The van der Waals surface area contributed by atoms with E-state index in [4.69, 9.17) is 0 Å². The topological polar surface area (TPSA) is 78.5 Å². The predicted molar refractivity (Wildman–Crippen MR) is 103 cm³/mol. The van der Waals surface area contributed by atoms with E-state index in [-0.39, 0.29) is 22.3 Å². The standard InChI is InChI=1S/C19H27N3O3S/c1-4-9-22-10-7-14(8-11-22)21-26(24,25)15-5-6-17-16(12-15)19(2,3)13-18(23)20-17/h4-6,12,14,21H,1,7-11,13H2,2-3H3,(H,20,23). The van der Waals surface area contributed by atoms with E-state index in [9.17, 15) is 13.2 Å². The molecule has 1 aromatic rings. The van der Waals surface area contributed by atoms with Crippen molar-refractivity contribution in [2.24, 2.45) is 0 Å². The molecule has 0 atom stereocenters. The van der Waals surface area contributed by atoms with Gasteiger partial charge in [-0.25, -0.2) is 13.1 Å². The largest absolute Gasteiger partial charge is 0.326 e. The Hall–Kier alpha value is -1.70. The van der Waals surface area contributed by atoms with E-state index in [1.165, 1.54) is 0 Å². The van der Waals surface area contributed by atoms with Gasteiger partial charge in [0.1, 0.15) is 0 Å². The number of nitrogens with zero attached hydrogens (tertiary/aromatic N) is 1. The van der Waals surface area contributed by atoms with Crippen molar-refractivity contribution in [1.82, 2.24) is 9.62 Å². The normalized spacial score (nSPS) is 21.1. The molecule has 1 saturated heterocycles. The number of rotatable bonds is 5. The van der Waals surface area contributed by atoms with E-state index >= 15 is 0 Å². The Labute approximate surface area is 155 Å². The zero-order valence-electron chi connectivity index (χ0n) is 15.4. The maximum absolute atomic E-state index is 12.8. The van der Waals surface area contributed by atoms with E-state index in [2.05, 4.69) is 21.5 Å². The van der Waals surface area contributed by atoms with Gasteiger partial charge in [-0.15, -0.1) is 6.58 Å². The van der Waals surface area contributed by atoms with Gasteiger partial charge in [0.25, 0.3) is 0 Å². The summed E-state index contributed by atoms with van der Waals surface area (Å²) in [4.78, 5) is 14.3. The second kappa shape index (κ2) is 7.13. The minimum Gasteiger partial charge on any atom is -0.326 e. The summed E-state index contributed by atoms with van der Waals surface area (Å²) in [6.45, 7) is 10.2. The molecule has 1 aromatic carbocycles. The molecule has 0 unspecified atom stereocenters. The molecule has 0 bridgehead atoms. The van der Waals surface area contributed by atoms with Crippen LogP contribution in [0.25, 0.3) is 0 Å². The molecule has 6 nitrogen and oxygen atoms in total. The number of piperidine rings is 1. The first kappa shape index (κ1) is 19.1. The van der Waals surface area contributed by atoms with Gasteiger partial charge in [-0.05, 0) is 49.7 Å². The van der Waals surface area contributed by atoms with Crippen molar-refractivity contribution in [1.29, 1.82) is 0 Å². The third kappa shape index (κ3) is 4.00. The molecule has 2 heterocycles. The summed E-state index contributed by atoms with van der Waals surface area (Å²) in [5.74, 6) is -0.0393. The number of nitrogens with one attached hydrogen (secondary N) is 2. The van der Waals surface area contributed by atoms with Crippen molar-refractivity contribution in [3.8, 4) is 0 Å². The molecule has 0 radical (unpaired) electrons. The Bertz CT molecular complexity index is 809. The van der Waals surface area contributed by atoms with Crippen molar-refractivity contribution in [3.05, 3.63) is 36.4 Å². The Morgan fingerprint density at radius 3 is 2.69 bits per heavy atom. The van der Waals surface area contributed by atoms with Gasteiger partial charge >= 0.3 is 0 Å². The second-order valence-corrected chi connectivity index (χ2v) is 9.52. The third-order valence-corrected chi connectivity index (χ3v) is 6.72. The molecule has 142 valence electrons. The Balaban J connectivity index is 1.76. The van der Waals surface area contributed by atoms with E-state index in [1.807, 2.05) is 19.9 Å². The predicted octanol–water partition coefficient (Wildman–Crippen LogP) is 2.24. The number of hydrogen-bond acceptors (Lipinski definition) is 4. The van der Waals surface area contributed by atoms with Crippen LogP contribution in [-0.4, -0.2) is 44.9 Å². The van der Waals surface area contributed by atoms with Crippen LogP contribution in [-0.2, 0) is 20.2 Å². The fraction of sp³-hybridized carbons (Fsp3) is 0.526. The molecule has 2 aliphatic heterocycles. The van der Waals surface area contributed by atoms with Gasteiger partial charge in [0.2, 0.25) is 15.9 Å². The highest BCUT2D eigenvalue weighted by molar-refractivity contribution is 7.89. The summed E-state index contributed by atoms with van der Waals surface area (Å²) in [5, 5.41) is 2.82. The first-order valence-corrected chi connectivity index (χ1v) is 10.5. The highest BCUT2D eigenvalue weighted by Crippen LogP contribution is 2.38. The van der Waals surface area contributed by atoms with Crippen LogP contribution < -0.4 is 10.0 Å². The van der Waals surface area contributed by atoms with E-state index in [1.54, 1.807) is 18.2 Å². The lowest BCUT2D eigenvalue weighted by Gasteiger charge is -2.33. The van der Waals surface area contributed by atoms with E-state index in [0.29, 0.717) is 12.1 Å². The highest BCUT2D eigenvalue weighted by atomic mass is 32.2. The zero-order chi connectivity index (χ0) is 18.9. The number of fused-ring (bicyclic) bond motifs is 1. The summed E-state index contributed by atoms with van der Waals surface area (Å²) >= 11 is 0. The summed E-state index contributed by atoms with van der Waals surface area (Å²) in [6.07, 6.45) is 3.80. The number of benzene rings is 1. The van der Waals surface area contributed by atoms with Crippen LogP contribution in [0, 0.1) is 0 Å². The number of hydrogen-bond donors (Lipinski definition) is 2. The van der Waals surface area contributed by atoms with Crippen LogP contribution in [0.5, 0.6) is 0 Å². The minimum absolute atomic E-state index is 0.0393. The molecule has 0 aliphatic carbocycles. The minimum atomic E-state index is -3.59. The van der Waals surface area contributed by atoms with Crippen molar-refractivity contribution in [3.63, 3.8) is 0 Å². The molecule has 0 saturated carbocycles. The number of anilines is 1.